The number of hydrogen-bond donors (Lipinski definition) is 2. The van der Waals surface area contributed by atoms with Gasteiger partial charge in [-0.05, 0) is 24.6 Å². The van der Waals surface area contributed by atoms with Gasteiger partial charge in [-0.25, -0.2) is 4.79 Å². The van der Waals surface area contributed by atoms with E-state index in [0.717, 1.165) is 5.56 Å². The molecule has 1 atom stereocenters. The predicted molar refractivity (Wildman–Crippen MR) is 67.4 cm³/mol. The Morgan fingerprint density at radius 2 is 2.05 bits per heavy atom. The van der Waals surface area contributed by atoms with Gasteiger partial charge in [0, 0.05) is 5.69 Å². The summed E-state index contributed by atoms with van der Waals surface area (Å²) in [6, 6.07) is 8.84. The average Bonchev–Trinajstić information content (AvgIpc) is 2.38. The van der Waals surface area contributed by atoms with Gasteiger partial charge in [0.15, 0.2) is 6.10 Å². The number of aliphatic carboxylic acids is 1. The lowest BCUT2D eigenvalue weighted by molar-refractivity contribution is -0.150. The van der Waals surface area contributed by atoms with E-state index in [9.17, 15) is 9.59 Å². The number of nitrogens with one attached hydrogen (secondary N) is 1. The number of rotatable bonds is 6. The zero-order valence-electron chi connectivity index (χ0n) is 10.4. The summed E-state index contributed by atoms with van der Waals surface area (Å²) >= 11 is 0. The molecule has 0 aromatic heterocycles. The van der Waals surface area contributed by atoms with Crippen LogP contribution in [0.3, 0.4) is 0 Å². The molecule has 0 aliphatic heterocycles. The second-order valence-electron chi connectivity index (χ2n) is 3.87. The monoisotopic (exact) mass is 262 g/mol. The van der Waals surface area contributed by atoms with Crippen molar-refractivity contribution < 1.29 is 19.4 Å². The van der Waals surface area contributed by atoms with Gasteiger partial charge < -0.3 is 15.2 Å². The maximum absolute atomic E-state index is 11.5. The lowest BCUT2D eigenvalue weighted by Crippen LogP contribution is -2.26. The van der Waals surface area contributed by atoms with Crippen LogP contribution in [0, 0.1) is 11.3 Å². The molecular formula is C13H14N2O4. The van der Waals surface area contributed by atoms with Crippen LogP contribution in [0.25, 0.3) is 0 Å². The summed E-state index contributed by atoms with van der Waals surface area (Å²) in [5.41, 5.74) is 1.43. The Morgan fingerprint density at radius 1 is 1.42 bits per heavy atom. The highest BCUT2D eigenvalue weighted by atomic mass is 16.5. The second-order valence-corrected chi connectivity index (χ2v) is 3.87. The summed E-state index contributed by atoms with van der Waals surface area (Å²) in [4.78, 5) is 22.0. The fourth-order valence-electron chi connectivity index (χ4n) is 1.27. The summed E-state index contributed by atoms with van der Waals surface area (Å²) in [6.45, 7) is 1.03. The van der Waals surface area contributed by atoms with Crippen molar-refractivity contribution in [3.63, 3.8) is 0 Å². The molecule has 1 unspecified atom stereocenters. The van der Waals surface area contributed by atoms with E-state index in [1.165, 1.54) is 6.92 Å². The molecule has 6 heteroatoms. The SMILES string of the molecule is CC(OCC(=O)Nc1ccc(CC#N)cc1)C(=O)O. The van der Waals surface area contributed by atoms with Crippen molar-refractivity contribution >= 4 is 17.6 Å². The van der Waals surface area contributed by atoms with Crippen molar-refractivity contribution in [1.82, 2.24) is 0 Å². The van der Waals surface area contributed by atoms with Gasteiger partial charge >= 0.3 is 5.97 Å². The first-order chi connectivity index (χ1) is 9.02. The number of benzene rings is 1. The van der Waals surface area contributed by atoms with E-state index < -0.39 is 18.0 Å². The van der Waals surface area contributed by atoms with E-state index in [1.54, 1.807) is 24.3 Å². The number of carbonyl (C=O) groups excluding carboxylic acids is 1. The minimum absolute atomic E-state index is 0.313. The number of carboxylic acid groups (broad SMARTS) is 1. The first-order valence-corrected chi connectivity index (χ1v) is 5.63. The van der Waals surface area contributed by atoms with Gasteiger partial charge in [0.05, 0.1) is 12.5 Å². The molecule has 19 heavy (non-hydrogen) atoms. The smallest absolute Gasteiger partial charge is 0.332 e. The van der Waals surface area contributed by atoms with Crippen LogP contribution in [0.4, 0.5) is 5.69 Å². The number of ether oxygens (including phenoxy) is 1. The largest absolute Gasteiger partial charge is 0.479 e. The zero-order valence-corrected chi connectivity index (χ0v) is 10.4. The van der Waals surface area contributed by atoms with Crippen LogP contribution >= 0.6 is 0 Å². The summed E-state index contributed by atoms with van der Waals surface area (Å²) in [7, 11) is 0. The van der Waals surface area contributed by atoms with Crippen LogP contribution in [0.15, 0.2) is 24.3 Å². The standard InChI is InChI=1S/C13H14N2O4/c1-9(13(17)18)19-8-12(16)15-11-4-2-10(3-5-11)6-7-14/h2-5,9H,6,8H2,1H3,(H,15,16)(H,17,18). The molecule has 0 radical (unpaired) electrons. The highest BCUT2D eigenvalue weighted by molar-refractivity contribution is 5.91. The van der Waals surface area contributed by atoms with Crippen LogP contribution in [0.5, 0.6) is 0 Å². The topological polar surface area (TPSA) is 99.4 Å². The number of amides is 1. The third kappa shape index (κ3) is 5.19. The lowest BCUT2D eigenvalue weighted by Gasteiger charge is -2.09. The summed E-state index contributed by atoms with van der Waals surface area (Å²) in [6.07, 6.45) is -0.711. The van der Waals surface area contributed by atoms with Gasteiger partial charge in [-0.2, -0.15) is 5.26 Å². The van der Waals surface area contributed by atoms with Crippen molar-refractivity contribution in [2.75, 3.05) is 11.9 Å². The molecule has 0 saturated carbocycles. The molecule has 0 fully saturated rings. The average molecular weight is 262 g/mol. The van der Waals surface area contributed by atoms with Crippen LogP contribution in [0.2, 0.25) is 0 Å². The molecule has 0 saturated heterocycles. The Labute approximate surface area is 110 Å². The van der Waals surface area contributed by atoms with Gasteiger partial charge in [-0.3, -0.25) is 4.79 Å². The van der Waals surface area contributed by atoms with E-state index in [4.69, 9.17) is 15.1 Å². The summed E-state index contributed by atoms with van der Waals surface area (Å²) < 4.78 is 4.85. The third-order valence-corrected chi connectivity index (χ3v) is 2.33. The Morgan fingerprint density at radius 3 is 2.58 bits per heavy atom. The molecule has 2 N–H and O–H groups in total. The first kappa shape index (κ1) is 14.7. The minimum atomic E-state index is -1.12. The number of nitriles is 1. The first-order valence-electron chi connectivity index (χ1n) is 5.63. The molecule has 0 spiro atoms. The van der Waals surface area contributed by atoms with Crippen molar-refractivity contribution in [3.05, 3.63) is 29.8 Å². The van der Waals surface area contributed by atoms with Crippen molar-refractivity contribution in [1.29, 1.82) is 5.26 Å². The second kappa shape index (κ2) is 7.13. The Kier molecular flexibility index (Phi) is 5.51. The molecule has 0 bridgehead atoms. The number of carboxylic acids is 1. The van der Waals surface area contributed by atoms with E-state index in [0.29, 0.717) is 12.1 Å². The van der Waals surface area contributed by atoms with Crippen LogP contribution < -0.4 is 5.32 Å². The fourth-order valence-corrected chi connectivity index (χ4v) is 1.27. The van der Waals surface area contributed by atoms with Gasteiger partial charge in [-0.15, -0.1) is 0 Å². The predicted octanol–water partition coefficient (Wildman–Crippen LogP) is 1.18. The van der Waals surface area contributed by atoms with Gasteiger partial charge in [-0.1, -0.05) is 12.1 Å². The Balaban J connectivity index is 2.44. The quantitative estimate of drug-likeness (QED) is 0.802. The highest BCUT2D eigenvalue weighted by Crippen LogP contribution is 2.09. The molecule has 1 amide bonds. The molecule has 1 rings (SSSR count). The Bertz CT molecular complexity index is 490. The van der Waals surface area contributed by atoms with E-state index in [-0.39, 0.29) is 6.61 Å². The maximum Gasteiger partial charge on any atom is 0.332 e. The zero-order chi connectivity index (χ0) is 14.3. The molecule has 6 nitrogen and oxygen atoms in total. The Hall–Kier alpha value is -2.39. The fraction of sp³-hybridized carbons (Fsp3) is 0.308. The molecule has 1 aromatic carbocycles. The van der Waals surface area contributed by atoms with Gasteiger partial charge in [0.25, 0.3) is 0 Å². The highest BCUT2D eigenvalue weighted by Gasteiger charge is 2.13. The number of anilines is 1. The van der Waals surface area contributed by atoms with E-state index in [1.807, 2.05) is 6.07 Å². The number of nitrogens with zero attached hydrogens (tertiary/aromatic N) is 1. The van der Waals surface area contributed by atoms with Gasteiger partial charge in [0.1, 0.15) is 6.61 Å². The minimum Gasteiger partial charge on any atom is -0.479 e. The van der Waals surface area contributed by atoms with E-state index >= 15 is 0 Å². The number of carbonyl (C=O) groups is 2. The third-order valence-electron chi connectivity index (χ3n) is 2.33. The summed E-state index contributed by atoms with van der Waals surface area (Å²) in [5.74, 6) is -1.55. The molecule has 0 heterocycles. The molecule has 1 aromatic rings. The lowest BCUT2D eigenvalue weighted by atomic mass is 10.1. The number of hydrogen-bond acceptors (Lipinski definition) is 4. The van der Waals surface area contributed by atoms with Gasteiger partial charge in [0.2, 0.25) is 5.91 Å². The maximum atomic E-state index is 11.5. The summed E-state index contributed by atoms with van der Waals surface area (Å²) in [5, 5.41) is 19.7. The molecule has 0 aliphatic carbocycles. The molecular weight excluding hydrogens is 248 g/mol. The van der Waals surface area contributed by atoms with E-state index in [2.05, 4.69) is 5.32 Å². The van der Waals surface area contributed by atoms with Crippen molar-refractivity contribution in [2.24, 2.45) is 0 Å². The molecule has 100 valence electrons. The van der Waals surface area contributed by atoms with Crippen molar-refractivity contribution in [2.45, 2.75) is 19.4 Å². The van der Waals surface area contributed by atoms with Crippen LogP contribution in [-0.2, 0) is 20.7 Å². The molecule has 0 aliphatic rings. The van der Waals surface area contributed by atoms with Crippen LogP contribution in [-0.4, -0.2) is 29.7 Å². The van der Waals surface area contributed by atoms with Crippen LogP contribution in [0.1, 0.15) is 12.5 Å². The normalized spacial score (nSPS) is 11.4. The van der Waals surface area contributed by atoms with Crippen molar-refractivity contribution in [3.8, 4) is 6.07 Å².